The summed E-state index contributed by atoms with van der Waals surface area (Å²) in [4.78, 5) is 28.4. The Hall–Kier alpha value is -3.86. The summed E-state index contributed by atoms with van der Waals surface area (Å²) in [6.07, 6.45) is 0. The van der Waals surface area contributed by atoms with E-state index in [9.17, 15) is 9.59 Å². The number of anilines is 2. The minimum atomic E-state index is -0.395. The first-order valence-electron chi connectivity index (χ1n) is 10.6. The first kappa shape index (κ1) is 21.4. The number of rotatable bonds is 6. The van der Waals surface area contributed by atoms with Crippen molar-refractivity contribution < 1.29 is 14.3 Å². The number of benzene rings is 3. The molecule has 4 rings (SSSR count). The molecule has 2 amide bonds. The number of hydrogen-bond donors (Lipinski definition) is 1. The van der Waals surface area contributed by atoms with Gasteiger partial charge >= 0.3 is 0 Å². The van der Waals surface area contributed by atoms with Crippen LogP contribution in [0, 0.1) is 6.92 Å². The van der Waals surface area contributed by atoms with Crippen molar-refractivity contribution in [3.63, 3.8) is 0 Å². The number of para-hydroxylation sites is 1. The van der Waals surface area contributed by atoms with E-state index in [1.807, 2.05) is 67.6 Å². The monoisotopic (exact) mass is 426 g/mol. The molecule has 1 aliphatic rings. The van der Waals surface area contributed by atoms with Gasteiger partial charge in [-0.1, -0.05) is 61.9 Å². The fourth-order valence-corrected chi connectivity index (χ4v) is 3.77. The van der Waals surface area contributed by atoms with Crippen molar-refractivity contribution in [2.75, 3.05) is 17.3 Å². The quantitative estimate of drug-likeness (QED) is 0.527. The van der Waals surface area contributed by atoms with E-state index in [2.05, 4.69) is 19.2 Å². The fourth-order valence-electron chi connectivity index (χ4n) is 3.77. The summed E-state index contributed by atoms with van der Waals surface area (Å²) >= 11 is 0. The van der Waals surface area contributed by atoms with Gasteiger partial charge in [-0.25, -0.2) is 4.90 Å². The van der Waals surface area contributed by atoms with Gasteiger partial charge in [0, 0.05) is 11.3 Å². The number of nitrogens with one attached hydrogen (secondary N) is 1. The van der Waals surface area contributed by atoms with Gasteiger partial charge in [0.05, 0.1) is 18.4 Å². The maximum Gasteiger partial charge on any atom is 0.282 e. The number of methoxy groups -OCH3 is 1. The second-order valence-electron chi connectivity index (χ2n) is 8.13. The van der Waals surface area contributed by atoms with Crippen molar-refractivity contribution in [1.29, 1.82) is 0 Å². The Kier molecular flexibility index (Phi) is 5.82. The summed E-state index contributed by atoms with van der Waals surface area (Å²) in [5.74, 6) is 0.110. The molecule has 32 heavy (non-hydrogen) atoms. The van der Waals surface area contributed by atoms with E-state index in [1.54, 1.807) is 19.2 Å². The minimum absolute atomic E-state index is 0.233. The summed E-state index contributed by atoms with van der Waals surface area (Å²) in [6, 6.07) is 22.5. The van der Waals surface area contributed by atoms with E-state index < -0.39 is 5.91 Å². The molecule has 0 atom stereocenters. The highest BCUT2D eigenvalue weighted by Crippen LogP contribution is 2.37. The van der Waals surface area contributed by atoms with Gasteiger partial charge in [0.15, 0.2) is 0 Å². The molecule has 0 unspecified atom stereocenters. The lowest BCUT2D eigenvalue weighted by molar-refractivity contribution is -0.120. The lowest BCUT2D eigenvalue weighted by Gasteiger charge is -2.17. The third kappa shape index (κ3) is 3.89. The van der Waals surface area contributed by atoms with Crippen LogP contribution in [0.2, 0.25) is 0 Å². The molecule has 0 aromatic heterocycles. The highest BCUT2D eigenvalue weighted by Gasteiger charge is 2.41. The van der Waals surface area contributed by atoms with Gasteiger partial charge in [-0.15, -0.1) is 0 Å². The smallest absolute Gasteiger partial charge is 0.282 e. The lowest BCUT2D eigenvalue weighted by Crippen LogP contribution is -2.32. The number of carbonyl (C=O) groups is 2. The van der Waals surface area contributed by atoms with Gasteiger partial charge in [0.2, 0.25) is 0 Å². The van der Waals surface area contributed by atoms with E-state index in [0.717, 1.165) is 16.8 Å². The molecule has 1 N–H and O–H groups in total. The van der Waals surface area contributed by atoms with Crippen LogP contribution in [0.25, 0.3) is 5.57 Å². The van der Waals surface area contributed by atoms with Gasteiger partial charge in [-0.3, -0.25) is 9.59 Å². The zero-order valence-corrected chi connectivity index (χ0v) is 18.7. The highest BCUT2D eigenvalue weighted by atomic mass is 16.5. The lowest BCUT2D eigenvalue weighted by atomic mass is 10.0. The Morgan fingerprint density at radius 2 is 1.50 bits per heavy atom. The largest absolute Gasteiger partial charge is 0.496 e. The van der Waals surface area contributed by atoms with Crippen molar-refractivity contribution in [2.24, 2.45) is 0 Å². The summed E-state index contributed by atoms with van der Waals surface area (Å²) < 4.78 is 5.49. The zero-order valence-electron chi connectivity index (χ0n) is 18.7. The van der Waals surface area contributed by atoms with Crippen LogP contribution in [-0.4, -0.2) is 18.9 Å². The second kappa shape index (κ2) is 8.71. The number of nitrogens with zero attached hydrogens (tertiary/aromatic N) is 1. The van der Waals surface area contributed by atoms with Gasteiger partial charge in [0.1, 0.15) is 11.4 Å². The second-order valence-corrected chi connectivity index (χ2v) is 8.13. The Bertz CT molecular complexity index is 1190. The number of carbonyl (C=O) groups excluding carboxylic acids is 2. The molecule has 0 radical (unpaired) electrons. The normalized spacial score (nSPS) is 13.8. The first-order chi connectivity index (χ1) is 15.4. The topological polar surface area (TPSA) is 58.6 Å². The third-order valence-corrected chi connectivity index (χ3v) is 5.60. The predicted molar refractivity (Wildman–Crippen MR) is 128 cm³/mol. The van der Waals surface area contributed by atoms with Crippen LogP contribution in [0.3, 0.4) is 0 Å². The molecule has 0 bridgehead atoms. The van der Waals surface area contributed by atoms with E-state index in [0.29, 0.717) is 28.5 Å². The molecule has 0 saturated heterocycles. The average Bonchev–Trinajstić information content (AvgIpc) is 3.04. The molecular weight excluding hydrogens is 400 g/mol. The van der Waals surface area contributed by atoms with Crippen LogP contribution in [0.5, 0.6) is 5.75 Å². The predicted octanol–water partition coefficient (Wildman–Crippen LogP) is 5.52. The number of ether oxygens (including phenoxy) is 1. The summed E-state index contributed by atoms with van der Waals surface area (Å²) in [6.45, 7) is 6.20. The van der Waals surface area contributed by atoms with Crippen LogP contribution in [0.15, 0.2) is 78.5 Å². The summed E-state index contributed by atoms with van der Waals surface area (Å²) in [7, 11) is 1.55. The summed E-state index contributed by atoms with van der Waals surface area (Å²) in [5.41, 5.74) is 4.62. The van der Waals surface area contributed by atoms with Gasteiger partial charge in [0.25, 0.3) is 11.8 Å². The molecule has 0 fully saturated rings. The molecule has 0 spiro atoms. The Balaban J connectivity index is 1.81. The zero-order chi connectivity index (χ0) is 22.8. The third-order valence-electron chi connectivity index (χ3n) is 5.60. The molecular formula is C27H26N2O3. The molecule has 3 aromatic rings. The van der Waals surface area contributed by atoms with Crippen molar-refractivity contribution in [1.82, 2.24) is 0 Å². The molecule has 3 aromatic carbocycles. The maximum atomic E-state index is 13.6. The number of hydrogen-bond acceptors (Lipinski definition) is 4. The standard InChI is InChI=1S/C27H26N2O3/c1-17(2)19-11-15-21(16-12-19)29-26(30)24(22-7-5-6-8-23(22)32-4)25(27(29)31)28-20-13-9-18(3)10-14-20/h5-17,28H,1-4H3. The van der Waals surface area contributed by atoms with Crippen LogP contribution in [0.1, 0.15) is 36.5 Å². The van der Waals surface area contributed by atoms with E-state index >= 15 is 0 Å². The summed E-state index contributed by atoms with van der Waals surface area (Å²) in [5, 5.41) is 3.19. The van der Waals surface area contributed by atoms with Crippen molar-refractivity contribution in [3.8, 4) is 5.75 Å². The fraction of sp³-hybridized carbons (Fsp3) is 0.185. The molecule has 162 valence electrons. The van der Waals surface area contributed by atoms with Crippen LogP contribution < -0.4 is 15.0 Å². The molecule has 0 saturated carbocycles. The highest BCUT2D eigenvalue weighted by molar-refractivity contribution is 6.46. The maximum absolute atomic E-state index is 13.6. The SMILES string of the molecule is COc1ccccc1C1=C(Nc2ccc(C)cc2)C(=O)N(c2ccc(C(C)C)cc2)C1=O. The van der Waals surface area contributed by atoms with Gasteiger partial charge in [-0.05, 0) is 48.7 Å². The number of imide groups is 1. The molecule has 1 heterocycles. The first-order valence-corrected chi connectivity index (χ1v) is 10.6. The Morgan fingerprint density at radius 3 is 2.12 bits per heavy atom. The Morgan fingerprint density at radius 1 is 0.844 bits per heavy atom. The van der Waals surface area contributed by atoms with Crippen LogP contribution in [0.4, 0.5) is 11.4 Å². The minimum Gasteiger partial charge on any atom is -0.496 e. The van der Waals surface area contributed by atoms with E-state index in [-0.39, 0.29) is 11.6 Å². The molecule has 1 aliphatic heterocycles. The molecule has 5 heteroatoms. The van der Waals surface area contributed by atoms with Crippen molar-refractivity contribution in [3.05, 3.63) is 95.2 Å². The number of aryl methyl sites for hydroxylation is 1. The van der Waals surface area contributed by atoms with Crippen LogP contribution in [-0.2, 0) is 9.59 Å². The molecule has 5 nitrogen and oxygen atoms in total. The molecule has 0 aliphatic carbocycles. The van der Waals surface area contributed by atoms with Crippen molar-refractivity contribution in [2.45, 2.75) is 26.7 Å². The van der Waals surface area contributed by atoms with E-state index in [4.69, 9.17) is 4.74 Å². The van der Waals surface area contributed by atoms with Gasteiger partial charge < -0.3 is 10.1 Å². The number of amides is 2. The Labute approximate surface area is 188 Å². The van der Waals surface area contributed by atoms with Crippen LogP contribution >= 0.6 is 0 Å². The van der Waals surface area contributed by atoms with Gasteiger partial charge in [-0.2, -0.15) is 0 Å². The average molecular weight is 427 g/mol. The van der Waals surface area contributed by atoms with Crippen molar-refractivity contribution >= 4 is 28.8 Å². The van der Waals surface area contributed by atoms with E-state index in [1.165, 1.54) is 4.90 Å².